The van der Waals surface area contributed by atoms with Crippen molar-refractivity contribution in [3.63, 3.8) is 0 Å². The molecule has 18 heavy (non-hydrogen) atoms. The van der Waals surface area contributed by atoms with Crippen molar-refractivity contribution in [1.29, 1.82) is 5.26 Å². The van der Waals surface area contributed by atoms with Crippen LogP contribution in [0, 0.1) is 16.7 Å². The monoisotopic (exact) mass is 266 g/mol. The number of aliphatic hydroxyl groups is 1. The number of benzene rings is 1. The molecule has 1 aromatic rings. The molecular weight excluding hydrogens is 248 g/mol. The number of rotatable bonds is 6. The Morgan fingerprint density at radius 1 is 1.39 bits per heavy atom. The third-order valence-electron chi connectivity index (χ3n) is 3.59. The van der Waals surface area contributed by atoms with Gasteiger partial charge in [0.05, 0.1) is 17.2 Å². The van der Waals surface area contributed by atoms with Gasteiger partial charge in [0, 0.05) is 17.6 Å². The first kappa shape index (κ1) is 14.8. The third-order valence-corrected chi connectivity index (χ3v) is 3.92. The summed E-state index contributed by atoms with van der Waals surface area (Å²) in [5.74, 6) is 0. The van der Waals surface area contributed by atoms with E-state index < -0.39 is 0 Å². The number of nitrogens with zero attached hydrogens (tertiary/aromatic N) is 1. The normalized spacial score (nSPS) is 11.1. The highest BCUT2D eigenvalue weighted by Crippen LogP contribution is 2.27. The van der Waals surface area contributed by atoms with Crippen LogP contribution in [0.2, 0.25) is 5.02 Å². The van der Waals surface area contributed by atoms with Crippen molar-refractivity contribution >= 4 is 17.3 Å². The molecule has 0 aliphatic carbocycles. The maximum atomic E-state index is 9.49. The lowest BCUT2D eigenvalue weighted by Gasteiger charge is -2.30. The van der Waals surface area contributed by atoms with Crippen LogP contribution in [0.4, 0.5) is 5.69 Å². The summed E-state index contributed by atoms with van der Waals surface area (Å²) in [6.45, 7) is 4.99. The number of nitrogens with one attached hydrogen (secondary N) is 1. The Labute approximate surface area is 113 Å². The van der Waals surface area contributed by atoms with Gasteiger partial charge in [-0.1, -0.05) is 25.4 Å². The number of anilines is 1. The van der Waals surface area contributed by atoms with Crippen molar-refractivity contribution < 1.29 is 5.11 Å². The van der Waals surface area contributed by atoms with Crippen LogP contribution in [0.5, 0.6) is 0 Å². The van der Waals surface area contributed by atoms with Crippen molar-refractivity contribution in [2.75, 3.05) is 18.5 Å². The Morgan fingerprint density at radius 2 is 2.06 bits per heavy atom. The van der Waals surface area contributed by atoms with Crippen LogP contribution >= 0.6 is 11.6 Å². The van der Waals surface area contributed by atoms with Crippen LogP contribution in [0.25, 0.3) is 0 Å². The van der Waals surface area contributed by atoms with Gasteiger partial charge in [-0.2, -0.15) is 5.26 Å². The number of aliphatic hydroxyl groups excluding tert-OH is 1. The lowest BCUT2D eigenvalue weighted by atomic mass is 9.83. The molecule has 0 saturated heterocycles. The predicted octanol–water partition coefficient (Wildman–Crippen LogP) is 3.42. The van der Waals surface area contributed by atoms with Gasteiger partial charge in [0.2, 0.25) is 0 Å². The van der Waals surface area contributed by atoms with E-state index in [2.05, 4.69) is 25.2 Å². The van der Waals surface area contributed by atoms with Crippen molar-refractivity contribution in [1.82, 2.24) is 0 Å². The SMILES string of the molecule is CCC(CC)(CO)CNc1ccc(Cl)c(C#N)c1. The van der Waals surface area contributed by atoms with Gasteiger partial charge in [-0.05, 0) is 31.0 Å². The van der Waals surface area contributed by atoms with Gasteiger partial charge in [0.15, 0.2) is 0 Å². The summed E-state index contributed by atoms with van der Waals surface area (Å²) < 4.78 is 0. The molecule has 0 amide bonds. The van der Waals surface area contributed by atoms with Crippen LogP contribution in [0.15, 0.2) is 18.2 Å². The summed E-state index contributed by atoms with van der Waals surface area (Å²) in [4.78, 5) is 0. The molecule has 2 N–H and O–H groups in total. The second kappa shape index (κ2) is 6.63. The van der Waals surface area contributed by atoms with Crippen LogP contribution in [0.3, 0.4) is 0 Å². The van der Waals surface area contributed by atoms with E-state index in [9.17, 15) is 5.11 Å². The van der Waals surface area contributed by atoms with Gasteiger partial charge in [-0.15, -0.1) is 0 Å². The molecule has 1 rings (SSSR count). The van der Waals surface area contributed by atoms with E-state index in [1.54, 1.807) is 12.1 Å². The molecule has 98 valence electrons. The van der Waals surface area contributed by atoms with Gasteiger partial charge < -0.3 is 10.4 Å². The molecule has 0 atom stereocenters. The van der Waals surface area contributed by atoms with Crippen LogP contribution in [-0.4, -0.2) is 18.3 Å². The van der Waals surface area contributed by atoms with E-state index in [1.807, 2.05) is 6.07 Å². The summed E-state index contributed by atoms with van der Waals surface area (Å²) in [6, 6.07) is 7.34. The van der Waals surface area contributed by atoms with Gasteiger partial charge in [0.25, 0.3) is 0 Å². The van der Waals surface area contributed by atoms with E-state index in [0.29, 0.717) is 17.1 Å². The zero-order valence-corrected chi connectivity index (χ0v) is 11.6. The van der Waals surface area contributed by atoms with Gasteiger partial charge in [-0.25, -0.2) is 0 Å². The third kappa shape index (κ3) is 3.38. The Hall–Kier alpha value is -1.24. The molecule has 3 nitrogen and oxygen atoms in total. The van der Waals surface area contributed by atoms with Crippen LogP contribution < -0.4 is 5.32 Å². The fourth-order valence-electron chi connectivity index (χ4n) is 1.79. The van der Waals surface area contributed by atoms with Crippen LogP contribution in [-0.2, 0) is 0 Å². The molecule has 0 bridgehead atoms. The Morgan fingerprint density at radius 3 is 2.56 bits per heavy atom. The second-order valence-electron chi connectivity index (χ2n) is 4.53. The van der Waals surface area contributed by atoms with Crippen molar-refractivity contribution in [2.24, 2.45) is 5.41 Å². The van der Waals surface area contributed by atoms with E-state index in [1.165, 1.54) is 0 Å². The zero-order chi connectivity index (χ0) is 13.6. The number of hydrogen-bond acceptors (Lipinski definition) is 3. The largest absolute Gasteiger partial charge is 0.396 e. The second-order valence-corrected chi connectivity index (χ2v) is 4.93. The van der Waals surface area contributed by atoms with Crippen molar-refractivity contribution in [3.05, 3.63) is 28.8 Å². The Bertz CT molecular complexity index is 428. The maximum absolute atomic E-state index is 9.49. The van der Waals surface area contributed by atoms with Gasteiger partial charge in [-0.3, -0.25) is 0 Å². The van der Waals surface area contributed by atoms with E-state index >= 15 is 0 Å². The summed E-state index contributed by atoms with van der Waals surface area (Å²) in [6.07, 6.45) is 1.82. The standard InChI is InChI=1S/C14H19ClN2O/c1-3-14(4-2,10-18)9-17-12-5-6-13(15)11(7-12)8-16/h5-7,17-18H,3-4,9-10H2,1-2H3. The molecule has 0 spiro atoms. The highest BCUT2D eigenvalue weighted by atomic mass is 35.5. The average Bonchev–Trinajstić information content (AvgIpc) is 2.42. The quantitative estimate of drug-likeness (QED) is 0.829. The molecular formula is C14H19ClN2O. The lowest BCUT2D eigenvalue weighted by molar-refractivity contribution is 0.127. The first-order chi connectivity index (χ1) is 8.60. The summed E-state index contributed by atoms with van der Waals surface area (Å²) >= 11 is 5.88. The van der Waals surface area contributed by atoms with Crippen molar-refractivity contribution in [2.45, 2.75) is 26.7 Å². The Kier molecular flexibility index (Phi) is 5.46. The van der Waals surface area contributed by atoms with Gasteiger partial charge >= 0.3 is 0 Å². The molecule has 4 heteroatoms. The summed E-state index contributed by atoms with van der Waals surface area (Å²) in [7, 11) is 0. The summed E-state index contributed by atoms with van der Waals surface area (Å²) in [5, 5.41) is 22.1. The minimum absolute atomic E-state index is 0.105. The number of halogens is 1. The number of hydrogen-bond donors (Lipinski definition) is 2. The summed E-state index contributed by atoms with van der Waals surface area (Å²) in [5.41, 5.74) is 1.21. The predicted molar refractivity (Wildman–Crippen MR) is 74.8 cm³/mol. The smallest absolute Gasteiger partial charge is 0.101 e. The Balaban J connectivity index is 2.77. The fraction of sp³-hybridized carbons (Fsp3) is 0.500. The molecule has 0 heterocycles. The van der Waals surface area contributed by atoms with Gasteiger partial charge in [0.1, 0.15) is 6.07 Å². The van der Waals surface area contributed by atoms with Crippen molar-refractivity contribution in [3.8, 4) is 6.07 Å². The highest BCUT2D eigenvalue weighted by Gasteiger charge is 2.24. The fourth-order valence-corrected chi connectivity index (χ4v) is 1.95. The first-order valence-electron chi connectivity index (χ1n) is 6.15. The van der Waals surface area contributed by atoms with E-state index in [-0.39, 0.29) is 12.0 Å². The lowest BCUT2D eigenvalue weighted by Crippen LogP contribution is -2.32. The highest BCUT2D eigenvalue weighted by molar-refractivity contribution is 6.31. The molecule has 0 radical (unpaired) electrons. The van der Waals surface area contributed by atoms with Crippen LogP contribution in [0.1, 0.15) is 32.3 Å². The maximum Gasteiger partial charge on any atom is 0.101 e. The van der Waals surface area contributed by atoms with E-state index in [0.717, 1.165) is 18.5 Å². The minimum Gasteiger partial charge on any atom is -0.396 e. The average molecular weight is 267 g/mol. The molecule has 1 aromatic carbocycles. The molecule has 0 fully saturated rings. The topological polar surface area (TPSA) is 56.0 Å². The number of nitriles is 1. The molecule has 0 aliphatic rings. The minimum atomic E-state index is -0.105. The first-order valence-corrected chi connectivity index (χ1v) is 6.53. The molecule has 0 unspecified atom stereocenters. The molecule has 0 aliphatic heterocycles. The molecule has 0 saturated carbocycles. The molecule has 0 aromatic heterocycles. The zero-order valence-electron chi connectivity index (χ0n) is 10.8. The van der Waals surface area contributed by atoms with E-state index in [4.69, 9.17) is 16.9 Å².